The van der Waals surface area contributed by atoms with Crippen LogP contribution in [-0.4, -0.2) is 20.3 Å². The third-order valence-electron chi connectivity index (χ3n) is 3.09. The summed E-state index contributed by atoms with van der Waals surface area (Å²) in [5, 5.41) is 10.9. The van der Waals surface area contributed by atoms with E-state index in [1.165, 1.54) is 0 Å². The molecule has 0 amide bonds. The number of H-pyrrole nitrogens is 1. The summed E-state index contributed by atoms with van der Waals surface area (Å²) >= 11 is 0. The molecule has 0 aliphatic rings. The zero-order valence-corrected chi connectivity index (χ0v) is 10.9. The topological polar surface area (TPSA) is 80.7 Å². The number of hydrogen-bond donors (Lipinski definition) is 1. The Labute approximate surface area is 119 Å². The van der Waals surface area contributed by atoms with Gasteiger partial charge in [0.15, 0.2) is 5.76 Å². The molecule has 102 valence electrons. The van der Waals surface area contributed by atoms with Gasteiger partial charge in [0.05, 0.1) is 12.0 Å². The van der Waals surface area contributed by atoms with Crippen LogP contribution in [0.4, 0.5) is 0 Å². The van der Waals surface area contributed by atoms with Gasteiger partial charge in [0.25, 0.3) is 5.89 Å². The van der Waals surface area contributed by atoms with Crippen LogP contribution >= 0.6 is 0 Å². The van der Waals surface area contributed by atoms with Gasteiger partial charge in [-0.05, 0) is 24.3 Å². The number of nitrogens with zero attached hydrogens (tertiary/aromatic N) is 3. The van der Waals surface area contributed by atoms with Gasteiger partial charge in [-0.2, -0.15) is 10.1 Å². The Hall–Kier alpha value is -3.15. The quantitative estimate of drug-likeness (QED) is 0.621. The van der Waals surface area contributed by atoms with Gasteiger partial charge in [-0.25, -0.2) is 0 Å². The van der Waals surface area contributed by atoms with E-state index in [2.05, 4.69) is 20.3 Å². The van der Waals surface area contributed by atoms with Crippen molar-refractivity contribution in [2.75, 3.05) is 0 Å². The molecule has 1 aromatic carbocycles. The molecular weight excluding hydrogens is 268 g/mol. The molecule has 0 aliphatic heterocycles. The van der Waals surface area contributed by atoms with Gasteiger partial charge in [-0.15, -0.1) is 0 Å². The maximum absolute atomic E-state index is 5.24. The summed E-state index contributed by atoms with van der Waals surface area (Å²) in [6.07, 6.45) is 3.28. The van der Waals surface area contributed by atoms with Crippen molar-refractivity contribution in [1.82, 2.24) is 20.3 Å². The molecule has 21 heavy (non-hydrogen) atoms. The minimum absolute atomic E-state index is 0.363. The molecule has 0 saturated carbocycles. The molecular formula is C15H10N4O2. The van der Waals surface area contributed by atoms with E-state index in [1.54, 1.807) is 24.6 Å². The average Bonchev–Trinajstić information content (AvgIpc) is 3.26. The second-order valence-electron chi connectivity index (χ2n) is 4.45. The first-order valence-corrected chi connectivity index (χ1v) is 6.38. The molecule has 0 atom stereocenters. The van der Waals surface area contributed by atoms with Gasteiger partial charge < -0.3 is 8.94 Å². The van der Waals surface area contributed by atoms with Gasteiger partial charge in [0, 0.05) is 17.3 Å². The van der Waals surface area contributed by atoms with Crippen molar-refractivity contribution in [3.8, 4) is 34.3 Å². The summed E-state index contributed by atoms with van der Waals surface area (Å²) in [4.78, 5) is 4.35. The zero-order chi connectivity index (χ0) is 14.1. The molecule has 1 N–H and O–H groups in total. The third-order valence-corrected chi connectivity index (χ3v) is 3.09. The monoisotopic (exact) mass is 278 g/mol. The molecule has 3 heterocycles. The molecule has 6 nitrogen and oxygen atoms in total. The van der Waals surface area contributed by atoms with Crippen LogP contribution < -0.4 is 0 Å². The Morgan fingerprint density at radius 1 is 1.00 bits per heavy atom. The maximum Gasteiger partial charge on any atom is 0.293 e. The molecule has 4 rings (SSSR count). The smallest absolute Gasteiger partial charge is 0.293 e. The van der Waals surface area contributed by atoms with Crippen molar-refractivity contribution >= 4 is 0 Å². The highest BCUT2D eigenvalue weighted by Crippen LogP contribution is 2.25. The van der Waals surface area contributed by atoms with Crippen molar-refractivity contribution in [3.63, 3.8) is 0 Å². The van der Waals surface area contributed by atoms with Gasteiger partial charge in [0.1, 0.15) is 0 Å². The largest absolute Gasteiger partial charge is 0.459 e. The van der Waals surface area contributed by atoms with Gasteiger partial charge >= 0.3 is 0 Å². The summed E-state index contributed by atoms with van der Waals surface area (Å²) in [6.45, 7) is 0. The van der Waals surface area contributed by atoms with Gasteiger partial charge in [-0.3, -0.25) is 5.10 Å². The average molecular weight is 278 g/mol. The van der Waals surface area contributed by atoms with Crippen LogP contribution in [0.15, 0.2) is 63.9 Å². The van der Waals surface area contributed by atoms with Crippen LogP contribution in [-0.2, 0) is 0 Å². The van der Waals surface area contributed by atoms with Crippen molar-refractivity contribution < 1.29 is 8.94 Å². The molecule has 0 bridgehead atoms. The number of aromatic amines is 1. The minimum Gasteiger partial charge on any atom is -0.459 e. The number of hydrogen-bond acceptors (Lipinski definition) is 5. The fourth-order valence-corrected chi connectivity index (χ4v) is 2.08. The standard InChI is InChI=1S/C15H10N4O2/c1-3-10(12-6-7-16-18-12)9-11(4-1)14-17-15(21-19-14)13-5-2-8-20-13/h1-9H,(H,16,18). The van der Waals surface area contributed by atoms with Crippen LogP contribution in [0.5, 0.6) is 0 Å². The summed E-state index contributed by atoms with van der Waals surface area (Å²) in [5.74, 6) is 1.43. The Balaban J connectivity index is 1.72. The van der Waals surface area contributed by atoms with Crippen LogP contribution in [0.2, 0.25) is 0 Å². The number of furan rings is 1. The molecule has 0 fully saturated rings. The van der Waals surface area contributed by atoms with Gasteiger partial charge in [-0.1, -0.05) is 23.4 Å². The SMILES string of the molecule is c1cc(-c2noc(-c3ccco3)n2)cc(-c2ccn[nH]2)c1. The van der Waals surface area contributed by atoms with E-state index < -0.39 is 0 Å². The Bertz CT molecular complexity index is 848. The highest BCUT2D eigenvalue weighted by molar-refractivity contribution is 5.68. The molecule has 0 saturated heterocycles. The minimum atomic E-state index is 0.363. The van der Waals surface area contributed by atoms with Crippen molar-refractivity contribution in [2.45, 2.75) is 0 Å². The second kappa shape index (κ2) is 4.75. The zero-order valence-electron chi connectivity index (χ0n) is 10.9. The number of rotatable bonds is 3. The summed E-state index contributed by atoms with van der Waals surface area (Å²) in [6, 6.07) is 13.3. The number of benzene rings is 1. The molecule has 3 aromatic heterocycles. The highest BCUT2D eigenvalue weighted by atomic mass is 16.5. The fraction of sp³-hybridized carbons (Fsp3) is 0. The first kappa shape index (κ1) is 11.7. The van der Waals surface area contributed by atoms with E-state index in [9.17, 15) is 0 Å². The highest BCUT2D eigenvalue weighted by Gasteiger charge is 2.13. The molecule has 0 radical (unpaired) electrons. The molecule has 6 heteroatoms. The lowest BCUT2D eigenvalue weighted by Gasteiger charge is -1.99. The van der Waals surface area contributed by atoms with E-state index in [4.69, 9.17) is 8.94 Å². The van der Waals surface area contributed by atoms with Gasteiger partial charge in [0.2, 0.25) is 5.82 Å². The summed E-state index contributed by atoms with van der Waals surface area (Å²) in [5.41, 5.74) is 2.81. The third kappa shape index (κ3) is 2.12. The van der Waals surface area contributed by atoms with Crippen LogP contribution in [0.3, 0.4) is 0 Å². The molecule has 0 spiro atoms. The second-order valence-corrected chi connectivity index (χ2v) is 4.45. The van der Waals surface area contributed by atoms with Crippen molar-refractivity contribution in [1.29, 1.82) is 0 Å². The Kier molecular flexibility index (Phi) is 2.64. The van der Waals surface area contributed by atoms with E-state index >= 15 is 0 Å². The number of nitrogens with one attached hydrogen (secondary N) is 1. The lowest BCUT2D eigenvalue weighted by atomic mass is 10.1. The Morgan fingerprint density at radius 3 is 2.76 bits per heavy atom. The summed E-state index contributed by atoms with van der Waals surface area (Å²) in [7, 11) is 0. The molecule has 4 aromatic rings. The first-order chi connectivity index (χ1) is 10.4. The molecule has 0 aliphatic carbocycles. The first-order valence-electron chi connectivity index (χ1n) is 6.38. The van der Waals surface area contributed by atoms with Crippen LogP contribution in [0.25, 0.3) is 34.3 Å². The van der Waals surface area contributed by atoms with E-state index in [0.717, 1.165) is 16.8 Å². The normalized spacial score (nSPS) is 10.9. The van der Waals surface area contributed by atoms with Crippen molar-refractivity contribution in [3.05, 3.63) is 54.9 Å². The lowest BCUT2D eigenvalue weighted by molar-refractivity contribution is 0.417. The van der Waals surface area contributed by atoms with Crippen LogP contribution in [0.1, 0.15) is 0 Å². The van der Waals surface area contributed by atoms with E-state index in [0.29, 0.717) is 17.5 Å². The summed E-state index contributed by atoms with van der Waals surface area (Å²) < 4.78 is 10.5. The van der Waals surface area contributed by atoms with Crippen LogP contribution in [0, 0.1) is 0 Å². The maximum atomic E-state index is 5.24. The number of aromatic nitrogens is 4. The van der Waals surface area contributed by atoms with Crippen molar-refractivity contribution in [2.24, 2.45) is 0 Å². The predicted octanol–water partition coefficient (Wildman–Crippen LogP) is 3.39. The van der Waals surface area contributed by atoms with E-state index in [1.807, 2.05) is 30.3 Å². The lowest BCUT2D eigenvalue weighted by Crippen LogP contribution is -1.83. The molecule has 0 unspecified atom stereocenters. The predicted molar refractivity (Wildman–Crippen MR) is 75.0 cm³/mol. The Morgan fingerprint density at radius 2 is 1.95 bits per heavy atom. The van der Waals surface area contributed by atoms with E-state index in [-0.39, 0.29) is 0 Å². The fourth-order valence-electron chi connectivity index (χ4n) is 2.08.